The van der Waals surface area contributed by atoms with Gasteiger partial charge in [-0.2, -0.15) is 0 Å². The number of aromatic nitrogens is 2. The molecule has 3 heteroatoms. The topological polar surface area (TPSA) is 29.0 Å². The Bertz CT molecular complexity index is 770. The van der Waals surface area contributed by atoms with Crippen LogP contribution in [0.4, 0.5) is 5.82 Å². The highest BCUT2D eigenvalue weighted by Crippen LogP contribution is 2.29. The third-order valence-corrected chi connectivity index (χ3v) is 3.86. The number of rotatable bonds is 1. The first kappa shape index (κ1) is 11.4. The monoisotopic (exact) mass is 261 g/mol. The van der Waals surface area contributed by atoms with E-state index in [0.717, 1.165) is 35.6 Å². The SMILES string of the molecule is Cc1nc2ccccc2nc1N1Cc2ccccc2C1. The maximum Gasteiger partial charge on any atom is 0.151 e. The minimum Gasteiger partial charge on any atom is -0.346 e. The summed E-state index contributed by atoms with van der Waals surface area (Å²) in [5.74, 6) is 1.000. The second kappa shape index (κ2) is 4.30. The smallest absolute Gasteiger partial charge is 0.151 e. The van der Waals surface area contributed by atoms with Crippen molar-refractivity contribution in [2.75, 3.05) is 4.90 Å². The number of hydrogen-bond acceptors (Lipinski definition) is 3. The van der Waals surface area contributed by atoms with E-state index in [2.05, 4.69) is 34.1 Å². The maximum absolute atomic E-state index is 4.80. The number of para-hydroxylation sites is 2. The van der Waals surface area contributed by atoms with Crippen molar-refractivity contribution in [3.63, 3.8) is 0 Å². The Kier molecular flexibility index (Phi) is 2.46. The molecule has 0 spiro atoms. The summed E-state index contributed by atoms with van der Waals surface area (Å²) in [6.07, 6.45) is 0. The average Bonchev–Trinajstić information content (AvgIpc) is 2.90. The molecule has 2 aromatic carbocycles. The highest BCUT2D eigenvalue weighted by atomic mass is 15.2. The number of fused-ring (bicyclic) bond motifs is 2. The number of benzene rings is 2. The third kappa shape index (κ3) is 1.74. The molecule has 0 bridgehead atoms. The van der Waals surface area contributed by atoms with E-state index in [9.17, 15) is 0 Å². The predicted octanol–water partition coefficient (Wildman–Crippen LogP) is 3.46. The lowest BCUT2D eigenvalue weighted by atomic mass is 10.1. The molecule has 1 aromatic heterocycles. The van der Waals surface area contributed by atoms with Gasteiger partial charge in [-0.1, -0.05) is 36.4 Å². The zero-order valence-corrected chi connectivity index (χ0v) is 11.4. The van der Waals surface area contributed by atoms with Crippen LogP contribution in [0.1, 0.15) is 16.8 Å². The van der Waals surface area contributed by atoms with Crippen molar-refractivity contribution in [3.8, 4) is 0 Å². The fourth-order valence-electron chi connectivity index (χ4n) is 2.86. The van der Waals surface area contributed by atoms with Crippen molar-refractivity contribution >= 4 is 16.9 Å². The first-order chi connectivity index (χ1) is 9.81. The van der Waals surface area contributed by atoms with Crippen LogP contribution in [-0.2, 0) is 13.1 Å². The van der Waals surface area contributed by atoms with Crippen molar-refractivity contribution in [2.45, 2.75) is 20.0 Å². The van der Waals surface area contributed by atoms with Crippen LogP contribution in [0.3, 0.4) is 0 Å². The Labute approximate surface area is 117 Å². The van der Waals surface area contributed by atoms with Gasteiger partial charge in [0.1, 0.15) is 0 Å². The molecule has 0 amide bonds. The predicted molar refractivity (Wildman–Crippen MR) is 80.6 cm³/mol. The van der Waals surface area contributed by atoms with Crippen LogP contribution in [0.15, 0.2) is 48.5 Å². The minimum atomic E-state index is 0.921. The van der Waals surface area contributed by atoms with Crippen LogP contribution < -0.4 is 4.90 Å². The molecular formula is C17H15N3. The van der Waals surface area contributed by atoms with Gasteiger partial charge < -0.3 is 4.90 Å². The standard InChI is InChI=1S/C17H15N3/c1-12-17(19-16-9-5-4-8-15(16)18-12)20-10-13-6-2-3-7-14(13)11-20/h2-9H,10-11H2,1H3. The summed E-state index contributed by atoms with van der Waals surface area (Å²) >= 11 is 0. The maximum atomic E-state index is 4.80. The van der Waals surface area contributed by atoms with Gasteiger partial charge in [-0.15, -0.1) is 0 Å². The quantitative estimate of drug-likeness (QED) is 0.671. The van der Waals surface area contributed by atoms with Crippen molar-refractivity contribution in [3.05, 3.63) is 65.4 Å². The normalized spacial score (nSPS) is 13.8. The third-order valence-electron chi connectivity index (χ3n) is 3.86. The van der Waals surface area contributed by atoms with Gasteiger partial charge in [0.05, 0.1) is 16.7 Å². The molecule has 0 saturated carbocycles. The van der Waals surface area contributed by atoms with Gasteiger partial charge in [0.2, 0.25) is 0 Å². The highest BCUT2D eigenvalue weighted by molar-refractivity contribution is 5.76. The lowest BCUT2D eigenvalue weighted by Gasteiger charge is -2.18. The van der Waals surface area contributed by atoms with Crippen LogP contribution in [0.25, 0.3) is 11.0 Å². The molecule has 3 aromatic rings. The molecule has 3 nitrogen and oxygen atoms in total. The number of nitrogens with zero attached hydrogens (tertiary/aromatic N) is 3. The van der Waals surface area contributed by atoms with E-state index in [1.165, 1.54) is 11.1 Å². The van der Waals surface area contributed by atoms with Gasteiger partial charge in [0, 0.05) is 13.1 Å². The van der Waals surface area contributed by atoms with E-state index < -0.39 is 0 Å². The van der Waals surface area contributed by atoms with Crippen molar-refractivity contribution in [2.24, 2.45) is 0 Å². The molecular weight excluding hydrogens is 246 g/mol. The zero-order chi connectivity index (χ0) is 13.5. The van der Waals surface area contributed by atoms with Gasteiger partial charge in [0.25, 0.3) is 0 Å². The molecule has 2 heterocycles. The highest BCUT2D eigenvalue weighted by Gasteiger charge is 2.21. The van der Waals surface area contributed by atoms with Gasteiger partial charge >= 0.3 is 0 Å². The molecule has 98 valence electrons. The van der Waals surface area contributed by atoms with Crippen molar-refractivity contribution in [1.82, 2.24) is 9.97 Å². The second-order valence-corrected chi connectivity index (χ2v) is 5.25. The Morgan fingerprint density at radius 1 is 0.800 bits per heavy atom. The molecule has 1 aliphatic rings. The fraction of sp³-hybridized carbons (Fsp3) is 0.176. The van der Waals surface area contributed by atoms with E-state index in [0.29, 0.717) is 0 Å². The van der Waals surface area contributed by atoms with Crippen LogP contribution >= 0.6 is 0 Å². The van der Waals surface area contributed by atoms with Gasteiger partial charge in [0.15, 0.2) is 5.82 Å². The van der Waals surface area contributed by atoms with Gasteiger partial charge in [-0.25, -0.2) is 9.97 Å². The van der Waals surface area contributed by atoms with E-state index in [1.54, 1.807) is 0 Å². The van der Waals surface area contributed by atoms with Gasteiger partial charge in [-0.05, 0) is 30.2 Å². The van der Waals surface area contributed by atoms with Crippen LogP contribution in [0.5, 0.6) is 0 Å². The lowest BCUT2D eigenvalue weighted by molar-refractivity contribution is 0.847. The van der Waals surface area contributed by atoms with E-state index in [1.807, 2.05) is 31.2 Å². The molecule has 0 unspecified atom stereocenters. The van der Waals surface area contributed by atoms with Crippen LogP contribution in [0, 0.1) is 6.92 Å². The fourth-order valence-corrected chi connectivity index (χ4v) is 2.86. The largest absolute Gasteiger partial charge is 0.346 e. The molecule has 0 aliphatic carbocycles. The Morgan fingerprint density at radius 2 is 1.35 bits per heavy atom. The summed E-state index contributed by atoms with van der Waals surface area (Å²) in [5, 5.41) is 0. The average molecular weight is 261 g/mol. The molecule has 0 atom stereocenters. The first-order valence-corrected chi connectivity index (χ1v) is 6.86. The molecule has 0 radical (unpaired) electrons. The Balaban J connectivity index is 1.78. The molecule has 0 fully saturated rings. The van der Waals surface area contributed by atoms with Crippen molar-refractivity contribution in [1.29, 1.82) is 0 Å². The minimum absolute atomic E-state index is 0.921. The summed E-state index contributed by atoms with van der Waals surface area (Å²) in [6, 6.07) is 16.6. The Hall–Kier alpha value is -2.42. The summed E-state index contributed by atoms with van der Waals surface area (Å²) in [5.41, 5.74) is 5.70. The molecule has 4 rings (SSSR count). The summed E-state index contributed by atoms with van der Waals surface area (Å²) in [6.45, 7) is 3.88. The van der Waals surface area contributed by atoms with Crippen LogP contribution in [0.2, 0.25) is 0 Å². The molecule has 20 heavy (non-hydrogen) atoms. The number of hydrogen-bond donors (Lipinski definition) is 0. The summed E-state index contributed by atoms with van der Waals surface area (Å²) in [7, 11) is 0. The second-order valence-electron chi connectivity index (χ2n) is 5.25. The molecule has 0 N–H and O–H groups in total. The van der Waals surface area contributed by atoms with E-state index in [-0.39, 0.29) is 0 Å². The molecule has 0 saturated heterocycles. The van der Waals surface area contributed by atoms with Crippen molar-refractivity contribution < 1.29 is 0 Å². The summed E-state index contributed by atoms with van der Waals surface area (Å²) in [4.78, 5) is 11.8. The first-order valence-electron chi connectivity index (χ1n) is 6.86. The number of aryl methyl sites for hydroxylation is 1. The zero-order valence-electron chi connectivity index (χ0n) is 11.4. The van der Waals surface area contributed by atoms with Gasteiger partial charge in [-0.3, -0.25) is 0 Å². The number of anilines is 1. The van der Waals surface area contributed by atoms with E-state index in [4.69, 9.17) is 4.98 Å². The lowest BCUT2D eigenvalue weighted by Crippen LogP contribution is -2.18. The summed E-state index contributed by atoms with van der Waals surface area (Å²) < 4.78 is 0. The molecule has 1 aliphatic heterocycles. The Morgan fingerprint density at radius 3 is 2.00 bits per heavy atom. The van der Waals surface area contributed by atoms with E-state index >= 15 is 0 Å². The van der Waals surface area contributed by atoms with Crippen LogP contribution in [-0.4, -0.2) is 9.97 Å².